The third-order valence-electron chi connectivity index (χ3n) is 4.68. The summed E-state index contributed by atoms with van der Waals surface area (Å²) in [5.74, 6) is 0.723. The standard InChI is InChI=1S/C21H43/c1-4-6-8-10-11-12-13-14-16-18-20-21(3)19-17-15-9-7-5-2/h21H,3-20H2,1-2H3. The van der Waals surface area contributed by atoms with E-state index in [1.165, 1.54) is 109 Å². The predicted molar refractivity (Wildman–Crippen MR) is 98.7 cm³/mol. The average molecular weight is 296 g/mol. The van der Waals surface area contributed by atoms with E-state index in [1.54, 1.807) is 0 Å². The van der Waals surface area contributed by atoms with Crippen LogP contribution in [-0.4, -0.2) is 0 Å². The van der Waals surface area contributed by atoms with Gasteiger partial charge in [0.15, 0.2) is 0 Å². The van der Waals surface area contributed by atoms with Crippen molar-refractivity contribution in [2.45, 2.75) is 123 Å². The molecule has 1 atom stereocenters. The quantitative estimate of drug-likeness (QED) is 0.238. The maximum Gasteiger partial charge on any atom is -0.0414 e. The summed E-state index contributed by atoms with van der Waals surface area (Å²) in [7, 11) is 0. The lowest BCUT2D eigenvalue weighted by molar-refractivity contribution is 0.462. The van der Waals surface area contributed by atoms with Gasteiger partial charge in [0.25, 0.3) is 0 Å². The summed E-state index contributed by atoms with van der Waals surface area (Å²) < 4.78 is 0. The van der Waals surface area contributed by atoms with E-state index in [4.69, 9.17) is 0 Å². The largest absolute Gasteiger partial charge is 0.0654 e. The van der Waals surface area contributed by atoms with Crippen LogP contribution in [0.3, 0.4) is 0 Å². The first kappa shape index (κ1) is 21.0. The molecule has 1 unspecified atom stereocenters. The van der Waals surface area contributed by atoms with Crippen molar-refractivity contribution in [3.63, 3.8) is 0 Å². The third kappa shape index (κ3) is 18.0. The van der Waals surface area contributed by atoms with Gasteiger partial charge in [-0.2, -0.15) is 0 Å². The molecule has 21 heavy (non-hydrogen) atoms. The highest BCUT2D eigenvalue weighted by molar-refractivity contribution is 4.62. The summed E-state index contributed by atoms with van der Waals surface area (Å²) in [6.07, 6.45) is 24.2. The van der Waals surface area contributed by atoms with Crippen molar-refractivity contribution in [2.24, 2.45) is 5.92 Å². The second-order valence-electron chi connectivity index (χ2n) is 7.04. The summed E-state index contributed by atoms with van der Waals surface area (Å²) >= 11 is 0. The molecule has 0 amide bonds. The number of unbranched alkanes of at least 4 members (excludes halogenated alkanes) is 13. The average Bonchev–Trinajstić information content (AvgIpc) is 2.49. The third-order valence-corrected chi connectivity index (χ3v) is 4.68. The number of rotatable bonds is 17. The van der Waals surface area contributed by atoms with Gasteiger partial charge in [-0.25, -0.2) is 0 Å². The summed E-state index contributed by atoms with van der Waals surface area (Å²) in [5, 5.41) is 0. The number of hydrogen-bond acceptors (Lipinski definition) is 0. The first-order valence-electron chi connectivity index (χ1n) is 10.1. The van der Waals surface area contributed by atoms with Crippen LogP contribution in [0, 0.1) is 12.8 Å². The second-order valence-corrected chi connectivity index (χ2v) is 7.04. The molecule has 0 aliphatic carbocycles. The molecule has 0 aromatic heterocycles. The van der Waals surface area contributed by atoms with Gasteiger partial charge in [0.05, 0.1) is 0 Å². The molecule has 0 heterocycles. The smallest absolute Gasteiger partial charge is 0.0414 e. The molecule has 0 spiro atoms. The van der Waals surface area contributed by atoms with Crippen molar-refractivity contribution in [3.05, 3.63) is 6.92 Å². The summed E-state index contributed by atoms with van der Waals surface area (Å²) in [6.45, 7) is 8.91. The Morgan fingerprint density at radius 2 is 0.762 bits per heavy atom. The molecule has 0 aliphatic rings. The minimum absolute atomic E-state index is 0.723. The van der Waals surface area contributed by atoms with Crippen LogP contribution >= 0.6 is 0 Å². The lowest BCUT2D eigenvalue weighted by atomic mass is 9.96. The molecule has 1 radical (unpaired) electrons. The van der Waals surface area contributed by atoms with Crippen LogP contribution in [0.1, 0.15) is 123 Å². The minimum atomic E-state index is 0.723. The van der Waals surface area contributed by atoms with Crippen LogP contribution in [-0.2, 0) is 0 Å². The van der Waals surface area contributed by atoms with Crippen LogP contribution in [0.15, 0.2) is 0 Å². The highest BCUT2D eigenvalue weighted by Crippen LogP contribution is 2.18. The zero-order valence-corrected chi connectivity index (χ0v) is 15.3. The molecule has 0 rings (SSSR count). The van der Waals surface area contributed by atoms with Crippen molar-refractivity contribution >= 4 is 0 Å². The van der Waals surface area contributed by atoms with Gasteiger partial charge in [0.1, 0.15) is 0 Å². The molecule has 127 valence electrons. The van der Waals surface area contributed by atoms with Gasteiger partial charge < -0.3 is 0 Å². The molecule has 0 fully saturated rings. The Hall–Kier alpha value is 0. The van der Waals surface area contributed by atoms with Gasteiger partial charge in [-0.3, -0.25) is 0 Å². The monoisotopic (exact) mass is 295 g/mol. The lowest BCUT2D eigenvalue weighted by Gasteiger charge is -2.10. The normalized spacial score (nSPS) is 12.7. The van der Waals surface area contributed by atoms with Crippen LogP contribution in [0.5, 0.6) is 0 Å². The van der Waals surface area contributed by atoms with E-state index in [0.29, 0.717) is 0 Å². The summed E-state index contributed by atoms with van der Waals surface area (Å²) in [4.78, 5) is 0. The molecular weight excluding hydrogens is 252 g/mol. The fourth-order valence-corrected chi connectivity index (χ4v) is 3.10. The Morgan fingerprint density at radius 3 is 1.10 bits per heavy atom. The summed E-state index contributed by atoms with van der Waals surface area (Å²) in [6, 6.07) is 0. The van der Waals surface area contributed by atoms with Crippen molar-refractivity contribution in [1.29, 1.82) is 0 Å². The SMILES string of the molecule is [CH2]C(CCCCCCC)CCCCCCCCCCCC. The van der Waals surface area contributed by atoms with Crippen molar-refractivity contribution in [2.75, 3.05) is 0 Å². The van der Waals surface area contributed by atoms with Gasteiger partial charge in [-0.1, -0.05) is 130 Å². The van der Waals surface area contributed by atoms with E-state index in [2.05, 4.69) is 20.8 Å². The molecule has 0 N–H and O–H groups in total. The first-order valence-corrected chi connectivity index (χ1v) is 10.1. The molecule has 0 aromatic carbocycles. The van der Waals surface area contributed by atoms with Gasteiger partial charge in [0.2, 0.25) is 0 Å². The maximum absolute atomic E-state index is 4.33. The molecule has 0 aromatic rings. The van der Waals surface area contributed by atoms with Gasteiger partial charge in [-0.05, 0) is 5.92 Å². The van der Waals surface area contributed by atoms with Gasteiger partial charge in [0, 0.05) is 0 Å². The van der Waals surface area contributed by atoms with Crippen LogP contribution < -0.4 is 0 Å². The highest BCUT2D eigenvalue weighted by Gasteiger charge is 2.02. The van der Waals surface area contributed by atoms with Crippen LogP contribution in [0.2, 0.25) is 0 Å². The highest BCUT2D eigenvalue weighted by atomic mass is 14.1. The Bertz CT molecular complexity index is 173. The molecular formula is C21H43. The molecule has 0 saturated carbocycles. The first-order chi connectivity index (χ1) is 10.3. The van der Waals surface area contributed by atoms with E-state index in [1.807, 2.05) is 0 Å². The van der Waals surface area contributed by atoms with E-state index in [-0.39, 0.29) is 0 Å². The maximum atomic E-state index is 4.33. The summed E-state index contributed by atoms with van der Waals surface area (Å²) in [5.41, 5.74) is 0. The van der Waals surface area contributed by atoms with E-state index in [9.17, 15) is 0 Å². The van der Waals surface area contributed by atoms with Crippen molar-refractivity contribution in [1.82, 2.24) is 0 Å². The van der Waals surface area contributed by atoms with Gasteiger partial charge in [-0.15, -0.1) is 0 Å². The van der Waals surface area contributed by atoms with Crippen LogP contribution in [0.25, 0.3) is 0 Å². The minimum Gasteiger partial charge on any atom is -0.0654 e. The Balaban J connectivity index is 3.09. The lowest BCUT2D eigenvalue weighted by Crippen LogP contribution is -1.95. The topological polar surface area (TPSA) is 0 Å². The number of hydrogen-bond donors (Lipinski definition) is 0. The molecule has 0 nitrogen and oxygen atoms in total. The van der Waals surface area contributed by atoms with Crippen LogP contribution in [0.4, 0.5) is 0 Å². The van der Waals surface area contributed by atoms with E-state index in [0.717, 1.165) is 5.92 Å². The van der Waals surface area contributed by atoms with Crippen molar-refractivity contribution in [3.8, 4) is 0 Å². The second kappa shape index (κ2) is 18.1. The molecule has 0 saturated heterocycles. The Morgan fingerprint density at radius 1 is 0.476 bits per heavy atom. The fraction of sp³-hybridized carbons (Fsp3) is 0.952. The van der Waals surface area contributed by atoms with E-state index < -0.39 is 0 Å². The predicted octanol–water partition coefficient (Wildman–Crippen LogP) is 8.11. The Kier molecular flexibility index (Phi) is 18.1. The zero-order valence-electron chi connectivity index (χ0n) is 15.3. The van der Waals surface area contributed by atoms with E-state index >= 15 is 0 Å². The molecule has 0 bridgehead atoms. The van der Waals surface area contributed by atoms with Crippen molar-refractivity contribution < 1.29 is 0 Å². The zero-order chi connectivity index (χ0) is 15.6. The molecule has 0 aliphatic heterocycles. The fourth-order valence-electron chi connectivity index (χ4n) is 3.10. The van der Waals surface area contributed by atoms with Gasteiger partial charge >= 0.3 is 0 Å². The molecule has 0 heteroatoms. The Labute approximate surface area is 136 Å².